The Morgan fingerprint density at radius 1 is 1.12 bits per heavy atom. The summed E-state index contributed by atoms with van der Waals surface area (Å²) in [6, 6.07) is 0.435. The molecule has 2 fully saturated rings. The SMILES string of the molecule is OCC1CCCCCN1CC1CCCNC1. The summed E-state index contributed by atoms with van der Waals surface area (Å²) in [5.74, 6) is 0.806. The number of aliphatic hydroxyl groups is 1. The van der Waals surface area contributed by atoms with Crippen molar-refractivity contribution in [3.63, 3.8) is 0 Å². The normalized spacial score (nSPS) is 33.6. The van der Waals surface area contributed by atoms with Gasteiger partial charge in [-0.1, -0.05) is 12.8 Å². The summed E-state index contributed by atoms with van der Waals surface area (Å²) in [4.78, 5) is 2.55. The van der Waals surface area contributed by atoms with E-state index in [1.54, 1.807) is 0 Å². The third-order valence-corrected chi connectivity index (χ3v) is 4.10. The van der Waals surface area contributed by atoms with E-state index in [0.717, 1.165) is 5.92 Å². The predicted octanol–water partition coefficient (Wildman–Crippen LogP) is 1.22. The van der Waals surface area contributed by atoms with E-state index in [4.69, 9.17) is 0 Å². The molecule has 2 aliphatic heterocycles. The molecule has 0 amide bonds. The second-order valence-electron chi connectivity index (χ2n) is 5.39. The van der Waals surface area contributed by atoms with Gasteiger partial charge in [0.2, 0.25) is 0 Å². The number of nitrogens with zero attached hydrogens (tertiary/aromatic N) is 1. The van der Waals surface area contributed by atoms with Gasteiger partial charge in [-0.15, -0.1) is 0 Å². The van der Waals surface area contributed by atoms with Crippen LogP contribution in [0.5, 0.6) is 0 Å². The second kappa shape index (κ2) is 6.58. The van der Waals surface area contributed by atoms with Crippen molar-refractivity contribution in [1.29, 1.82) is 0 Å². The first kappa shape index (κ1) is 12.3. The van der Waals surface area contributed by atoms with Crippen molar-refractivity contribution >= 4 is 0 Å². The van der Waals surface area contributed by atoms with Gasteiger partial charge in [-0.3, -0.25) is 4.90 Å². The first-order chi connectivity index (χ1) is 7.90. The topological polar surface area (TPSA) is 35.5 Å². The molecular weight excluding hydrogens is 200 g/mol. The molecule has 94 valence electrons. The number of hydrogen-bond acceptors (Lipinski definition) is 3. The van der Waals surface area contributed by atoms with Crippen LogP contribution in [0.4, 0.5) is 0 Å². The average molecular weight is 226 g/mol. The van der Waals surface area contributed by atoms with E-state index in [1.807, 2.05) is 0 Å². The molecule has 0 saturated carbocycles. The number of aliphatic hydroxyl groups excluding tert-OH is 1. The van der Waals surface area contributed by atoms with E-state index in [9.17, 15) is 5.11 Å². The summed E-state index contributed by atoms with van der Waals surface area (Å²) >= 11 is 0. The van der Waals surface area contributed by atoms with Gasteiger partial charge >= 0.3 is 0 Å². The Labute approximate surface area is 99.2 Å². The van der Waals surface area contributed by atoms with Crippen LogP contribution in [0.1, 0.15) is 38.5 Å². The molecule has 2 N–H and O–H groups in total. The van der Waals surface area contributed by atoms with Crippen LogP contribution in [-0.4, -0.2) is 48.8 Å². The summed E-state index contributed by atoms with van der Waals surface area (Å²) in [5.41, 5.74) is 0. The fourth-order valence-corrected chi connectivity index (χ4v) is 3.10. The van der Waals surface area contributed by atoms with E-state index in [-0.39, 0.29) is 0 Å². The van der Waals surface area contributed by atoms with Crippen LogP contribution >= 0.6 is 0 Å². The van der Waals surface area contributed by atoms with Gasteiger partial charge in [0, 0.05) is 12.6 Å². The maximum absolute atomic E-state index is 9.46. The van der Waals surface area contributed by atoms with Crippen molar-refractivity contribution in [2.24, 2.45) is 5.92 Å². The molecule has 0 aromatic heterocycles. The average Bonchev–Trinajstić information content (AvgIpc) is 2.55. The fraction of sp³-hybridized carbons (Fsp3) is 1.00. The van der Waals surface area contributed by atoms with Crippen LogP contribution in [0, 0.1) is 5.92 Å². The van der Waals surface area contributed by atoms with Gasteiger partial charge < -0.3 is 10.4 Å². The third kappa shape index (κ3) is 3.44. The van der Waals surface area contributed by atoms with Crippen molar-refractivity contribution in [2.75, 3.05) is 32.8 Å². The lowest BCUT2D eigenvalue weighted by Crippen LogP contribution is -2.44. The van der Waals surface area contributed by atoms with Crippen LogP contribution in [0.2, 0.25) is 0 Å². The van der Waals surface area contributed by atoms with Crippen molar-refractivity contribution in [3.8, 4) is 0 Å². The standard InChI is InChI=1S/C13H26N2O/c16-11-13-6-2-1-3-8-15(13)10-12-5-4-7-14-9-12/h12-14,16H,1-11H2. The minimum absolute atomic E-state index is 0.347. The van der Waals surface area contributed by atoms with Crippen molar-refractivity contribution in [3.05, 3.63) is 0 Å². The molecule has 2 atom stereocenters. The molecule has 0 bridgehead atoms. The molecule has 0 aliphatic carbocycles. The molecule has 3 nitrogen and oxygen atoms in total. The summed E-state index contributed by atoms with van der Waals surface area (Å²) in [7, 11) is 0. The number of hydrogen-bond donors (Lipinski definition) is 2. The molecule has 2 saturated heterocycles. The minimum Gasteiger partial charge on any atom is -0.395 e. The Kier molecular flexibility index (Phi) is 5.07. The van der Waals surface area contributed by atoms with Gasteiger partial charge in [-0.05, 0) is 51.2 Å². The van der Waals surface area contributed by atoms with E-state index in [2.05, 4.69) is 10.2 Å². The Bertz CT molecular complexity index is 192. The van der Waals surface area contributed by atoms with Crippen LogP contribution in [0.3, 0.4) is 0 Å². The maximum atomic E-state index is 9.46. The lowest BCUT2D eigenvalue weighted by Gasteiger charge is -2.33. The second-order valence-corrected chi connectivity index (χ2v) is 5.39. The Morgan fingerprint density at radius 2 is 2.06 bits per heavy atom. The summed E-state index contributed by atoms with van der Waals surface area (Å²) < 4.78 is 0. The predicted molar refractivity (Wildman–Crippen MR) is 66.5 cm³/mol. The molecule has 2 heterocycles. The van der Waals surface area contributed by atoms with Gasteiger partial charge in [0.25, 0.3) is 0 Å². The van der Waals surface area contributed by atoms with Gasteiger partial charge in [0.15, 0.2) is 0 Å². The molecule has 0 aromatic carbocycles. The Balaban J connectivity index is 1.83. The fourth-order valence-electron chi connectivity index (χ4n) is 3.10. The highest BCUT2D eigenvalue weighted by atomic mass is 16.3. The summed E-state index contributed by atoms with van der Waals surface area (Å²) in [6.45, 7) is 5.11. The van der Waals surface area contributed by atoms with E-state index >= 15 is 0 Å². The Hall–Kier alpha value is -0.120. The first-order valence-corrected chi connectivity index (χ1v) is 6.96. The molecule has 2 aliphatic rings. The zero-order valence-electron chi connectivity index (χ0n) is 10.3. The lowest BCUT2D eigenvalue weighted by atomic mass is 9.98. The highest BCUT2D eigenvalue weighted by molar-refractivity contribution is 4.79. The first-order valence-electron chi connectivity index (χ1n) is 6.96. The van der Waals surface area contributed by atoms with E-state index < -0.39 is 0 Å². The number of rotatable bonds is 3. The zero-order valence-corrected chi connectivity index (χ0v) is 10.3. The molecule has 2 unspecified atom stereocenters. The van der Waals surface area contributed by atoms with E-state index in [0.29, 0.717) is 12.6 Å². The number of nitrogens with one attached hydrogen (secondary N) is 1. The van der Waals surface area contributed by atoms with Crippen molar-refractivity contribution in [2.45, 2.75) is 44.6 Å². The van der Waals surface area contributed by atoms with Crippen LogP contribution < -0.4 is 5.32 Å². The van der Waals surface area contributed by atoms with E-state index in [1.165, 1.54) is 64.7 Å². The van der Waals surface area contributed by atoms with Gasteiger partial charge in [0.1, 0.15) is 0 Å². The highest BCUT2D eigenvalue weighted by Crippen LogP contribution is 2.20. The number of piperidine rings is 1. The quantitative estimate of drug-likeness (QED) is 0.759. The monoisotopic (exact) mass is 226 g/mol. The molecule has 16 heavy (non-hydrogen) atoms. The largest absolute Gasteiger partial charge is 0.395 e. The van der Waals surface area contributed by atoms with Crippen LogP contribution in [0.25, 0.3) is 0 Å². The molecule has 0 aromatic rings. The van der Waals surface area contributed by atoms with Crippen molar-refractivity contribution in [1.82, 2.24) is 10.2 Å². The smallest absolute Gasteiger partial charge is 0.0586 e. The maximum Gasteiger partial charge on any atom is 0.0586 e. The number of likely N-dealkylation sites (tertiary alicyclic amines) is 1. The molecular formula is C13H26N2O. The summed E-state index contributed by atoms with van der Waals surface area (Å²) in [6.07, 6.45) is 7.83. The van der Waals surface area contributed by atoms with Crippen LogP contribution in [-0.2, 0) is 0 Å². The highest BCUT2D eigenvalue weighted by Gasteiger charge is 2.23. The third-order valence-electron chi connectivity index (χ3n) is 4.10. The summed E-state index contributed by atoms with van der Waals surface area (Å²) in [5, 5.41) is 12.9. The lowest BCUT2D eigenvalue weighted by molar-refractivity contribution is 0.103. The van der Waals surface area contributed by atoms with Gasteiger partial charge in [0.05, 0.1) is 6.61 Å². The molecule has 2 rings (SSSR count). The Morgan fingerprint density at radius 3 is 2.81 bits per heavy atom. The molecule has 3 heteroatoms. The zero-order chi connectivity index (χ0) is 11.2. The van der Waals surface area contributed by atoms with Crippen molar-refractivity contribution < 1.29 is 5.11 Å². The minimum atomic E-state index is 0.347. The van der Waals surface area contributed by atoms with Gasteiger partial charge in [-0.2, -0.15) is 0 Å². The molecule has 0 radical (unpaired) electrons. The van der Waals surface area contributed by atoms with Gasteiger partial charge in [-0.25, -0.2) is 0 Å². The molecule has 0 spiro atoms. The van der Waals surface area contributed by atoms with Crippen LogP contribution in [0.15, 0.2) is 0 Å².